The van der Waals surface area contributed by atoms with E-state index < -0.39 is 0 Å². The molecule has 1 N–H and O–H groups in total. The second-order valence-electron chi connectivity index (χ2n) is 5.18. The number of halogens is 2. The summed E-state index contributed by atoms with van der Waals surface area (Å²) in [5.41, 5.74) is 2.00. The van der Waals surface area contributed by atoms with Gasteiger partial charge in [-0.15, -0.1) is 6.58 Å². The Morgan fingerprint density at radius 1 is 1.12 bits per heavy atom. The van der Waals surface area contributed by atoms with Gasteiger partial charge in [0.1, 0.15) is 6.61 Å². The molecule has 0 amide bonds. The van der Waals surface area contributed by atoms with Crippen LogP contribution in [0.15, 0.2) is 49.1 Å². The molecule has 0 radical (unpaired) electrons. The molecule has 0 aliphatic rings. The summed E-state index contributed by atoms with van der Waals surface area (Å²) in [7, 11) is 0. The maximum Gasteiger partial charge on any atom is 0.180 e. The van der Waals surface area contributed by atoms with E-state index in [4.69, 9.17) is 32.7 Å². The Bertz CT molecular complexity index is 689. The molecule has 0 spiro atoms. The Morgan fingerprint density at radius 3 is 2.67 bits per heavy atom. The number of hydrogen-bond acceptors (Lipinski definition) is 3. The van der Waals surface area contributed by atoms with Gasteiger partial charge in [-0.1, -0.05) is 41.4 Å². The number of rotatable bonds is 9. The summed E-state index contributed by atoms with van der Waals surface area (Å²) in [5, 5.41) is 4.45. The van der Waals surface area contributed by atoms with Crippen LogP contribution in [-0.2, 0) is 13.2 Å². The van der Waals surface area contributed by atoms with E-state index in [1.54, 1.807) is 0 Å². The molecule has 24 heavy (non-hydrogen) atoms. The van der Waals surface area contributed by atoms with E-state index >= 15 is 0 Å². The van der Waals surface area contributed by atoms with Crippen LogP contribution in [0, 0.1) is 0 Å². The molecule has 0 unspecified atom stereocenters. The molecule has 0 saturated heterocycles. The molecule has 2 aromatic carbocycles. The molecule has 128 valence electrons. The molecule has 0 atom stereocenters. The molecule has 0 bridgehead atoms. The molecule has 2 aromatic rings. The lowest BCUT2D eigenvalue weighted by atomic mass is 10.2. The van der Waals surface area contributed by atoms with E-state index in [2.05, 4.69) is 11.9 Å². The third-order valence-electron chi connectivity index (χ3n) is 3.26. The van der Waals surface area contributed by atoms with Crippen molar-refractivity contribution in [3.63, 3.8) is 0 Å². The molecular formula is C19H21Cl2NO2. The maximum atomic E-state index is 6.40. The molecule has 0 fully saturated rings. The van der Waals surface area contributed by atoms with Gasteiger partial charge in [-0.3, -0.25) is 0 Å². The zero-order chi connectivity index (χ0) is 17.4. The van der Waals surface area contributed by atoms with Crippen molar-refractivity contribution in [3.8, 4) is 11.5 Å². The van der Waals surface area contributed by atoms with Crippen LogP contribution in [0.1, 0.15) is 18.1 Å². The van der Waals surface area contributed by atoms with Crippen LogP contribution in [0.5, 0.6) is 11.5 Å². The second-order valence-corrected chi connectivity index (χ2v) is 6.02. The fourth-order valence-corrected chi connectivity index (χ4v) is 2.73. The van der Waals surface area contributed by atoms with Gasteiger partial charge in [0.15, 0.2) is 11.5 Å². The Hall–Kier alpha value is -1.68. The molecule has 3 nitrogen and oxygen atoms in total. The minimum Gasteiger partial charge on any atom is -0.490 e. The minimum absolute atomic E-state index is 0.369. The lowest BCUT2D eigenvalue weighted by Gasteiger charge is -2.15. The maximum absolute atomic E-state index is 6.40. The van der Waals surface area contributed by atoms with Crippen molar-refractivity contribution < 1.29 is 9.47 Å². The van der Waals surface area contributed by atoms with Crippen LogP contribution in [0.25, 0.3) is 0 Å². The van der Waals surface area contributed by atoms with Crippen molar-refractivity contribution in [1.82, 2.24) is 5.32 Å². The van der Waals surface area contributed by atoms with Gasteiger partial charge in [0.2, 0.25) is 0 Å². The summed E-state index contributed by atoms with van der Waals surface area (Å²) in [6.45, 7) is 7.93. The summed E-state index contributed by atoms with van der Waals surface area (Å²) >= 11 is 12.4. The Labute approximate surface area is 153 Å². The van der Waals surface area contributed by atoms with Crippen LogP contribution in [0.4, 0.5) is 0 Å². The molecule has 0 saturated carbocycles. The molecule has 0 aliphatic heterocycles. The van der Waals surface area contributed by atoms with Crippen molar-refractivity contribution in [2.75, 3.05) is 13.2 Å². The Kier molecular flexibility index (Phi) is 7.44. The van der Waals surface area contributed by atoms with Gasteiger partial charge in [-0.05, 0) is 42.3 Å². The topological polar surface area (TPSA) is 30.5 Å². The van der Waals surface area contributed by atoms with Crippen LogP contribution in [0.3, 0.4) is 0 Å². The first-order chi connectivity index (χ1) is 11.6. The van der Waals surface area contributed by atoms with E-state index in [0.717, 1.165) is 17.7 Å². The van der Waals surface area contributed by atoms with Gasteiger partial charge in [0, 0.05) is 18.1 Å². The highest BCUT2D eigenvalue weighted by Crippen LogP contribution is 2.37. The smallest absolute Gasteiger partial charge is 0.180 e. The minimum atomic E-state index is 0.369. The zero-order valence-electron chi connectivity index (χ0n) is 13.6. The van der Waals surface area contributed by atoms with Gasteiger partial charge >= 0.3 is 0 Å². The first-order valence-electron chi connectivity index (χ1n) is 7.78. The van der Waals surface area contributed by atoms with Crippen molar-refractivity contribution in [1.29, 1.82) is 0 Å². The van der Waals surface area contributed by atoms with Gasteiger partial charge in [0.05, 0.1) is 11.6 Å². The van der Waals surface area contributed by atoms with Crippen molar-refractivity contribution in [2.24, 2.45) is 0 Å². The van der Waals surface area contributed by atoms with Crippen LogP contribution in [0.2, 0.25) is 10.0 Å². The lowest BCUT2D eigenvalue weighted by molar-refractivity contribution is 0.269. The molecule has 0 aliphatic carbocycles. The largest absolute Gasteiger partial charge is 0.490 e. The number of hydrogen-bond donors (Lipinski definition) is 1. The van der Waals surface area contributed by atoms with E-state index in [-0.39, 0.29) is 0 Å². The lowest BCUT2D eigenvalue weighted by Crippen LogP contribution is -2.13. The van der Waals surface area contributed by atoms with Gasteiger partial charge in [-0.25, -0.2) is 0 Å². The predicted octanol–water partition coefficient (Wildman–Crippen LogP) is 5.25. The molecule has 0 aromatic heterocycles. The third kappa shape index (κ3) is 5.45. The molecule has 5 heteroatoms. The fraction of sp³-hybridized carbons (Fsp3) is 0.263. The Morgan fingerprint density at radius 2 is 1.96 bits per heavy atom. The predicted molar refractivity (Wildman–Crippen MR) is 100 cm³/mol. The summed E-state index contributed by atoms with van der Waals surface area (Å²) in [6.07, 6.45) is 1.81. The van der Waals surface area contributed by atoms with Crippen LogP contribution >= 0.6 is 23.2 Å². The summed E-state index contributed by atoms with van der Waals surface area (Å²) in [4.78, 5) is 0. The number of nitrogens with one attached hydrogen (secondary N) is 1. The number of ether oxygens (including phenoxy) is 2. The summed E-state index contributed by atoms with van der Waals surface area (Å²) in [5.74, 6) is 1.19. The van der Waals surface area contributed by atoms with E-state index in [1.807, 2.05) is 49.4 Å². The van der Waals surface area contributed by atoms with E-state index in [9.17, 15) is 0 Å². The normalized spacial score (nSPS) is 10.5. The van der Waals surface area contributed by atoms with E-state index in [0.29, 0.717) is 41.3 Å². The number of benzene rings is 2. The van der Waals surface area contributed by atoms with Crippen molar-refractivity contribution in [2.45, 2.75) is 20.1 Å². The van der Waals surface area contributed by atoms with Gasteiger partial charge in [0.25, 0.3) is 0 Å². The van der Waals surface area contributed by atoms with Crippen molar-refractivity contribution >= 4 is 23.2 Å². The average Bonchev–Trinajstić information content (AvgIpc) is 2.55. The average molecular weight is 366 g/mol. The summed E-state index contributed by atoms with van der Waals surface area (Å²) < 4.78 is 11.6. The highest BCUT2D eigenvalue weighted by Gasteiger charge is 2.13. The van der Waals surface area contributed by atoms with Crippen molar-refractivity contribution in [3.05, 3.63) is 70.2 Å². The zero-order valence-corrected chi connectivity index (χ0v) is 15.2. The molecule has 2 rings (SSSR count). The molecule has 0 heterocycles. The molecular weight excluding hydrogens is 345 g/mol. The third-order valence-corrected chi connectivity index (χ3v) is 3.78. The first-order valence-corrected chi connectivity index (χ1v) is 8.53. The Balaban J connectivity index is 2.16. The van der Waals surface area contributed by atoms with Gasteiger partial charge in [-0.2, -0.15) is 0 Å². The SMILES string of the molecule is C=CCNCc1cc(Cl)c(OCc2cccc(Cl)c2)c(OCC)c1. The van der Waals surface area contributed by atoms with Gasteiger partial charge < -0.3 is 14.8 Å². The highest BCUT2D eigenvalue weighted by molar-refractivity contribution is 6.32. The summed E-state index contributed by atoms with van der Waals surface area (Å²) in [6, 6.07) is 11.4. The van der Waals surface area contributed by atoms with E-state index in [1.165, 1.54) is 0 Å². The highest BCUT2D eigenvalue weighted by atomic mass is 35.5. The first kappa shape index (κ1) is 18.7. The standard InChI is InChI=1S/C19H21Cl2NO2/c1-3-8-22-12-15-10-17(21)19(18(11-15)23-4-2)24-13-14-6-5-7-16(20)9-14/h3,5-7,9-11,22H,1,4,8,12-13H2,2H3. The van der Waals surface area contributed by atoms with Crippen LogP contribution in [-0.4, -0.2) is 13.2 Å². The monoisotopic (exact) mass is 365 g/mol. The van der Waals surface area contributed by atoms with Crippen LogP contribution < -0.4 is 14.8 Å². The fourth-order valence-electron chi connectivity index (χ4n) is 2.23. The second kappa shape index (κ2) is 9.58. The quantitative estimate of drug-likeness (QED) is 0.486.